The van der Waals surface area contributed by atoms with Crippen LogP contribution in [-0.4, -0.2) is 61.7 Å². The molecule has 0 bridgehead atoms. The second-order valence-electron chi connectivity index (χ2n) is 8.55. The van der Waals surface area contributed by atoms with Crippen LogP contribution in [0.25, 0.3) is 0 Å². The fourth-order valence-electron chi connectivity index (χ4n) is 5.15. The summed E-state index contributed by atoms with van der Waals surface area (Å²) in [4.78, 5) is 35.7. The molecular weight excluding hydrogens is 390 g/mol. The lowest BCUT2D eigenvalue weighted by Crippen LogP contribution is -2.48. The van der Waals surface area contributed by atoms with Gasteiger partial charge in [0.1, 0.15) is 0 Å². The van der Waals surface area contributed by atoms with E-state index in [1.165, 1.54) is 0 Å². The number of ether oxygens (including phenoxy) is 1. The van der Waals surface area contributed by atoms with Crippen LogP contribution in [0.2, 0.25) is 0 Å². The summed E-state index contributed by atoms with van der Waals surface area (Å²) in [5.41, 5.74) is 4.66. The maximum Gasteiger partial charge on any atom is 0.232 e. The summed E-state index contributed by atoms with van der Waals surface area (Å²) >= 11 is 0. The summed E-state index contributed by atoms with van der Waals surface area (Å²) in [6.07, 6.45) is 2.19. The minimum Gasteiger partial charge on any atom is -0.378 e. The number of nitrogens with zero attached hydrogens (tertiary/aromatic N) is 3. The van der Waals surface area contributed by atoms with E-state index >= 15 is 0 Å². The molecule has 6 nitrogen and oxygen atoms in total. The largest absolute Gasteiger partial charge is 0.378 e. The van der Waals surface area contributed by atoms with Crippen LogP contribution in [-0.2, 0) is 14.3 Å². The Hall–Kier alpha value is -2.47. The number of amides is 1. The van der Waals surface area contributed by atoms with E-state index in [9.17, 15) is 9.59 Å². The summed E-state index contributed by atoms with van der Waals surface area (Å²) in [6, 6.07) is 8.44. The number of carbonyl (C=O) groups is 2. The maximum absolute atomic E-state index is 13.6. The third-order valence-corrected chi connectivity index (χ3v) is 6.80. The topological polar surface area (TPSA) is 62.2 Å². The molecule has 1 aliphatic carbocycles. The Morgan fingerprint density at radius 1 is 1.13 bits per heavy atom. The molecule has 2 aliphatic heterocycles. The van der Waals surface area contributed by atoms with Crippen molar-refractivity contribution < 1.29 is 14.3 Å². The molecule has 6 heteroatoms. The predicted molar refractivity (Wildman–Crippen MR) is 123 cm³/mol. The van der Waals surface area contributed by atoms with Crippen LogP contribution < -0.4 is 4.90 Å². The normalized spacial score (nSPS) is 24.0. The molecule has 1 aromatic carbocycles. The quantitative estimate of drug-likeness (QED) is 0.726. The van der Waals surface area contributed by atoms with Crippen molar-refractivity contribution in [2.45, 2.75) is 46.0 Å². The molecule has 1 fully saturated rings. The van der Waals surface area contributed by atoms with E-state index in [4.69, 9.17) is 9.73 Å². The van der Waals surface area contributed by atoms with Gasteiger partial charge in [-0.1, -0.05) is 12.1 Å². The van der Waals surface area contributed by atoms with Crippen LogP contribution in [0.4, 0.5) is 5.69 Å². The van der Waals surface area contributed by atoms with Crippen LogP contribution in [0.1, 0.15) is 51.5 Å². The van der Waals surface area contributed by atoms with Crippen LogP contribution in [0.5, 0.6) is 0 Å². The highest BCUT2D eigenvalue weighted by atomic mass is 16.5. The number of rotatable bonds is 5. The van der Waals surface area contributed by atoms with Gasteiger partial charge in [-0.3, -0.25) is 14.6 Å². The third kappa shape index (κ3) is 4.18. The van der Waals surface area contributed by atoms with E-state index < -0.39 is 5.92 Å². The predicted octanol–water partition coefficient (Wildman–Crippen LogP) is 3.57. The first-order valence-corrected chi connectivity index (χ1v) is 11.6. The number of hydrogen-bond donors (Lipinski definition) is 0. The summed E-state index contributed by atoms with van der Waals surface area (Å²) in [5, 5.41) is 0. The zero-order chi connectivity index (χ0) is 22.0. The number of hydrogen-bond acceptors (Lipinski definition) is 5. The molecule has 0 saturated carbocycles. The van der Waals surface area contributed by atoms with Gasteiger partial charge in [-0.05, 0) is 51.3 Å². The van der Waals surface area contributed by atoms with Crippen molar-refractivity contribution in [3.8, 4) is 0 Å². The Morgan fingerprint density at radius 2 is 1.81 bits per heavy atom. The molecule has 166 valence electrons. The van der Waals surface area contributed by atoms with Gasteiger partial charge in [0.05, 0.1) is 19.1 Å². The van der Waals surface area contributed by atoms with Crippen molar-refractivity contribution in [2.75, 3.05) is 44.3 Å². The van der Waals surface area contributed by atoms with E-state index in [2.05, 4.69) is 43.0 Å². The highest BCUT2D eigenvalue weighted by Gasteiger charge is 2.43. The molecule has 0 spiro atoms. The zero-order valence-electron chi connectivity index (χ0n) is 18.9. The molecule has 3 aliphatic rings. The number of ketones is 1. The van der Waals surface area contributed by atoms with E-state index in [0.29, 0.717) is 32.7 Å². The maximum atomic E-state index is 13.6. The first-order valence-electron chi connectivity index (χ1n) is 11.6. The van der Waals surface area contributed by atoms with E-state index in [0.717, 1.165) is 54.2 Å². The van der Waals surface area contributed by atoms with Gasteiger partial charge in [-0.2, -0.15) is 0 Å². The molecule has 2 heterocycles. The van der Waals surface area contributed by atoms with Crippen molar-refractivity contribution in [3.63, 3.8) is 0 Å². The van der Waals surface area contributed by atoms with Crippen LogP contribution >= 0.6 is 0 Å². The van der Waals surface area contributed by atoms with Crippen molar-refractivity contribution in [1.29, 1.82) is 0 Å². The molecule has 2 atom stereocenters. The minimum absolute atomic E-state index is 0.0623. The van der Waals surface area contributed by atoms with Crippen LogP contribution in [0.15, 0.2) is 40.5 Å². The number of carbonyl (C=O) groups excluding carboxylic acids is 2. The average molecular weight is 424 g/mol. The average Bonchev–Trinajstić information content (AvgIpc) is 2.80. The lowest BCUT2D eigenvalue weighted by atomic mass is 9.71. The van der Waals surface area contributed by atoms with Crippen molar-refractivity contribution >= 4 is 23.1 Å². The van der Waals surface area contributed by atoms with E-state index in [1.54, 1.807) is 0 Å². The lowest BCUT2D eigenvalue weighted by Gasteiger charge is -2.38. The van der Waals surface area contributed by atoms with Gasteiger partial charge in [-0.25, -0.2) is 0 Å². The van der Waals surface area contributed by atoms with Crippen molar-refractivity contribution in [1.82, 2.24) is 4.90 Å². The number of anilines is 1. The second-order valence-corrected chi connectivity index (χ2v) is 8.55. The minimum atomic E-state index is -0.432. The smallest absolute Gasteiger partial charge is 0.232 e. The van der Waals surface area contributed by atoms with Gasteiger partial charge < -0.3 is 14.5 Å². The molecule has 0 aromatic heterocycles. The van der Waals surface area contributed by atoms with E-state index in [-0.39, 0.29) is 17.6 Å². The standard InChI is InChI=1S/C25H33N3O3/c1-4-27(5-2)19-11-9-18(10-12-19)23-22(25(30)28-13-15-31-16-14-28)17(3)26-20-7-6-8-21(29)24(20)23/h9-12,22-23H,4-8,13-16H2,1-3H3/t22-,23-/m1/s1. The highest BCUT2D eigenvalue weighted by Crippen LogP contribution is 2.44. The second kappa shape index (κ2) is 9.35. The molecule has 31 heavy (non-hydrogen) atoms. The highest BCUT2D eigenvalue weighted by molar-refractivity contribution is 6.10. The Bertz CT molecular complexity index is 893. The van der Waals surface area contributed by atoms with Crippen LogP contribution in [0, 0.1) is 5.92 Å². The molecule has 4 rings (SSSR count). The summed E-state index contributed by atoms with van der Waals surface area (Å²) in [5.74, 6) is -0.484. The summed E-state index contributed by atoms with van der Waals surface area (Å²) < 4.78 is 5.44. The lowest BCUT2D eigenvalue weighted by molar-refractivity contribution is -0.137. The first kappa shape index (κ1) is 21.8. The molecule has 1 amide bonds. The number of benzene rings is 1. The van der Waals surface area contributed by atoms with Crippen molar-refractivity contribution in [2.24, 2.45) is 10.9 Å². The van der Waals surface area contributed by atoms with Gasteiger partial charge >= 0.3 is 0 Å². The molecule has 0 N–H and O–H groups in total. The Balaban J connectivity index is 1.75. The summed E-state index contributed by atoms with van der Waals surface area (Å²) in [6.45, 7) is 10.4. The molecule has 1 aromatic rings. The molecule has 0 radical (unpaired) electrons. The Labute approximate surface area is 185 Å². The molecule has 0 unspecified atom stereocenters. The fraction of sp³-hybridized carbons (Fsp3) is 0.560. The number of allylic oxidation sites excluding steroid dienone is 2. The Morgan fingerprint density at radius 3 is 2.45 bits per heavy atom. The number of aliphatic imine (C=N–C) groups is 1. The van der Waals surface area contributed by atoms with Gasteiger partial charge in [0.2, 0.25) is 5.91 Å². The summed E-state index contributed by atoms with van der Waals surface area (Å²) in [7, 11) is 0. The molecular formula is C25H33N3O3. The van der Waals surface area contributed by atoms with Crippen molar-refractivity contribution in [3.05, 3.63) is 41.1 Å². The fourth-order valence-corrected chi connectivity index (χ4v) is 5.15. The number of Topliss-reactive ketones (excluding diaryl/α,β-unsaturated/α-hetero) is 1. The molecule has 1 saturated heterocycles. The van der Waals surface area contributed by atoms with Gasteiger partial charge in [0.15, 0.2) is 5.78 Å². The Kier molecular flexibility index (Phi) is 6.56. The number of morpholine rings is 1. The third-order valence-electron chi connectivity index (χ3n) is 6.80. The van der Waals surface area contributed by atoms with Crippen LogP contribution in [0.3, 0.4) is 0 Å². The van der Waals surface area contributed by atoms with E-state index in [1.807, 2.05) is 11.8 Å². The van der Waals surface area contributed by atoms with Gasteiger partial charge in [0.25, 0.3) is 0 Å². The first-order chi connectivity index (χ1) is 15.0. The monoisotopic (exact) mass is 423 g/mol. The van der Waals surface area contributed by atoms with Gasteiger partial charge in [0, 0.05) is 61.2 Å². The SMILES string of the molecule is CCN(CC)c1ccc([C@H]2C3=C(CCCC3=O)N=C(C)[C@H]2C(=O)N2CCOCC2)cc1. The van der Waals surface area contributed by atoms with Gasteiger partial charge in [-0.15, -0.1) is 0 Å². The zero-order valence-corrected chi connectivity index (χ0v) is 18.9.